The molecule has 4 aromatic rings. The fourth-order valence-corrected chi connectivity index (χ4v) is 5.09. The number of H-pyrrole nitrogens is 2. The summed E-state index contributed by atoms with van der Waals surface area (Å²) in [5.74, 6) is 1.35. The van der Waals surface area contributed by atoms with Crippen molar-refractivity contribution in [2.75, 3.05) is 32.8 Å². The molecule has 0 spiro atoms. The number of nitrogens with one attached hydrogen (secondary N) is 2. The highest BCUT2D eigenvalue weighted by atomic mass is 32.1. The van der Waals surface area contributed by atoms with Crippen LogP contribution in [0.1, 0.15) is 19.3 Å². The van der Waals surface area contributed by atoms with E-state index < -0.39 is 0 Å². The standard InChI is InChI=1S/C22H26N4O2S/c27-14-15-3-1-7-26(13-15)8-2-9-28-17-4-5-18-16(11-17)12-20(23-18)21-22-19(24-25-21)6-10-29-22/h4-6,10-12,15,23,27H,1-3,7-9,13-14H2,(H,24,25). The molecule has 0 radical (unpaired) electrons. The SMILES string of the molecule is OCC1CCCN(CCCOc2ccc3[nH]c(-c4n[nH]c5ccsc45)cc3c2)C1. The summed E-state index contributed by atoms with van der Waals surface area (Å²) in [5, 5.41) is 20.1. The predicted octanol–water partition coefficient (Wildman–Crippen LogP) is 4.25. The molecule has 1 aliphatic rings. The van der Waals surface area contributed by atoms with E-state index >= 15 is 0 Å². The maximum absolute atomic E-state index is 9.36. The molecule has 1 aliphatic heterocycles. The Morgan fingerprint density at radius 2 is 2.21 bits per heavy atom. The van der Waals surface area contributed by atoms with Gasteiger partial charge in [-0.05, 0) is 67.4 Å². The molecule has 1 atom stereocenters. The van der Waals surface area contributed by atoms with Crippen molar-refractivity contribution in [2.45, 2.75) is 19.3 Å². The molecule has 152 valence electrons. The maximum Gasteiger partial charge on any atom is 0.126 e. The third-order valence-corrected chi connectivity index (χ3v) is 6.69. The van der Waals surface area contributed by atoms with E-state index in [1.54, 1.807) is 11.3 Å². The number of piperidine rings is 1. The minimum Gasteiger partial charge on any atom is -0.494 e. The van der Waals surface area contributed by atoms with Crippen LogP contribution in [0.25, 0.3) is 32.5 Å². The first-order valence-corrected chi connectivity index (χ1v) is 11.2. The van der Waals surface area contributed by atoms with Gasteiger partial charge in [0.05, 0.1) is 22.5 Å². The zero-order valence-electron chi connectivity index (χ0n) is 16.4. The molecule has 1 unspecified atom stereocenters. The minimum atomic E-state index is 0.307. The van der Waals surface area contributed by atoms with Crippen molar-refractivity contribution >= 4 is 32.5 Å². The van der Waals surface area contributed by atoms with E-state index in [0.717, 1.165) is 66.0 Å². The Kier molecular flexibility index (Phi) is 5.26. The molecule has 0 saturated carbocycles. The van der Waals surface area contributed by atoms with E-state index in [0.29, 0.717) is 19.1 Å². The van der Waals surface area contributed by atoms with E-state index in [1.165, 1.54) is 11.1 Å². The number of hydrogen-bond donors (Lipinski definition) is 3. The number of aliphatic hydroxyl groups is 1. The second kappa shape index (κ2) is 8.18. The predicted molar refractivity (Wildman–Crippen MR) is 118 cm³/mol. The van der Waals surface area contributed by atoms with Crippen LogP contribution in [0, 0.1) is 5.92 Å². The van der Waals surface area contributed by atoms with Crippen LogP contribution in [0.4, 0.5) is 0 Å². The summed E-state index contributed by atoms with van der Waals surface area (Å²) in [4.78, 5) is 5.92. The number of likely N-dealkylation sites (tertiary alicyclic amines) is 1. The molecular weight excluding hydrogens is 384 g/mol. The van der Waals surface area contributed by atoms with Crippen LogP contribution >= 0.6 is 11.3 Å². The normalized spacial score (nSPS) is 18.0. The molecule has 1 fully saturated rings. The second-order valence-electron chi connectivity index (χ2n) is 7.86. The molecule has 3 aromatic heterocycles. The first kappa shape index (κ1) is 18.7. The van der Waals surface area contributed by atoms with E-state index in [9.17, 15) is 5.11 Å². The Morgan fingerprint density at radius 1 is 1.24 bits per heavy atom. The molecule has 7 heteroatoms. The minimum absolute atomic E-state index is 0.307. The van der Waals surface area contributed by atoms with Crippen molar-refractivity contribution in [1.29, 1.82) is 0 Å². The molecule has 29 heavy (non-hydrogen) atoms. The summed E-state index contributed by atoms with van der Waals surface area (Å²) in [6.45, 7) is 4.20. The van der Waals surface area contributed by atoms with Crippen LogP contribution in [-0.2, 0) is 0 Å². The molecule has 3 N–H and O–H groups in total. The van der Waals surface area contributed by atoms with E-state index in [4.69, 9.17) is 4.74 Å². The highest BCUT2D eigenvalue weighted by Crippen LogP contribution is 2.32. The van der Waals surface area contributed by atoms with Crippen LogP contribution < -0.4 is 4.74 Å². The summed E-state index contributed by atoms with van der Waals surface area (Å²) < 4.78 is 7.18. The van der Waals surface area contributed by atoms with Gasteiger partial charge in [-0.1, -0.05) is 0 Å². The quantitative estimate of drug-likeness (QED) is 0.398. The van der Waals surface area contributed by atoms with E-state index in [-0.39, 0.29) is 0 Å². The number of benzene rings is 1. The van der Waals surface area contributed by atoms with E-state index in [1.807, 2.05) is 6.07 Å². The molecule has 0 bridgehead atoms. The monoisotopic (exact) mass is 410 g/mol. The van der Waals surface area contributed by atoms with Gasteiger partial charge in [0.2, 0.25) is 0 Å². The summed E-state index contributed by atoms with van der Waals surface area (Å²) in [5.41, 5.74) is 4.15. The van der Waals surface area contributed by atoms with Crippen molar-refractivity contribution < 1.29 is 9.84 Å². The van der Waals surface area contributed by atoms with E-state index in [2.05, 4.69) is 49.7 Å². The fraction of sp³-hybridized carbons (Fsp3) is 0.409. The maximum atomic E-state index is 9.36. The summed E-state index contributed by atoms with van der Waals surface area (Å²) >= 11 is 1.70. The van der Waals surface area contributed by atoms with Gasteiger partial charge in [0.15, 0.2) is 0 Å². The van der Waals surface area contributed by atoms with Gasteiger partial charge in [-0.2, -0.15) is 5.10 Å². The second-order valence-corrected chi connectivity index (χ2v) is 8.78. The average molecular weight is 411 g/mol. The largest absolute Gasteiger partial charge is 0.494 e. The number of aromatic amines is 2. The molecule has 5 rings (SSSR count). The lowest BCUT2D eigenvalue weighted by molar-refractivity contribution is 0.115. The van der Waals surface area contributed by atoms with Crippen molar-refractivity contribution in [3.8, 4) is 17.1 Å². The van der Waals surface area contributed by atoms with Crippen molar-refractivity contribution in [3.63, 3.8) is 0 Å². The molecule has 4 heterocycles. The van der Waals surface area contributed by atoms with Crippen LogP contribution in [0.3, 0.4) is 0 Å². The molecule has 0 aliphatic carbocycles. The number of rotatable bonds is 7. The average Bonchev–Trinajstić information content (AvgIpc) is 3.46. The van der Waals surface area contributed by atoms with Crippen LogP contribution in [0.2, 0.25) is 0 Å². The lowest BCUT2D eigenvalue weighted by Gasteiger charge is -2.31. The zero-order valence-corrected chi connectivity index (χ0v) is 17.2. The molecule has 1 aromatic carbocycles. The van der Waals surface area contributed by atoms with Crippen molar-refractivity contribution in [1.82, 2.24) is 20.1 Å². The lowest BCUT2D eigenvalue weighted by atomic mass is 9.99. The Morgan fingerprint density at radius 3 is 3.14 bits per heavy atom. The Hall–Kier alpha value is -2.35. The van der Waals surface area contributed by atoms with Gasteiger partial charge >= 0.3 is 0 Å². The number of thiophene rings is 1. The third kappa shape index (κ3) is 3.90. The van der Waals surface area contributed by atoms with Crippen LogP contribution in [0.15, 0.2) is 35.7 Å². The summed E-state index contributed by atoms with van der Waals surface area (Å²) in [6, 6.07) is 10.4. The number of aliphatic hydroxyl groups excluding tert-OH is 1. The highest BCUT2D eigenvalue weighted by Gasteiger charge is 2.18. The summed E-state index contributed by atoms with van der Waals surface area (Å²) in [7, 11) is 0. The smallest absolute Gasteiger partial charge is 0.126 e. The van der Waals surface area contributed by atoms with Gasteiger partial charge in [0.1, 0.15) is 11.4 Å². The Labute approximate surface area is 173 Å². The van der Waals surface area contributed by atoms with Crippen LogP contribution in [-0.4, -0.2) is 58.0 Å². The van der Waals surface area contributed by atoms with Gasteiger partial charge in [0.25, 0.3) is 0 Å². The number of nitrogens with zero attached hydrogens (tertiary/aromatic N) is 2. The topological polar surface area (TPSA) is 77.2 Å². The van der Waals surface area contributed by atoms with Crippen molar-refractivity contribution in [3.05, 3.63) is 35.7 Å². The van der Waals surface area contributed by atoms with Gasteiger partial charge in [-0.3, -0.25) is 5.10 Å². The molecular formula is C22H26N4O2S. The number of ether oxygens (including phenoxy) is 1. The molecule has 1 saturated heterocycles. The van der Waals surface area contributed by atoms with Gasteiger partial charge < -0.3 is 19.7 Å². The first-order valence-electron chi connectivity index (χ1n) is 10.3. The fourth-order valence-electron chi connectivity index (χ4n) is 4.24. The number of hydrogen-bond acceptors (Lipinski definition) is 5. The third-order valence-electron chi connectivity index (χ3n) is 5.76. The lowest BCUT2D eigenvalue weighted by Crippen LogP contribution is -2.37. The first-order chi connectivity index (χ1) is 14.3. The Bertz CT molecular complexity index is 1100. The molecule has 6 nitrogen and oxygen atoms in total. The highest BCUT2D eigenvalue weighted by molar-refractivity contribution is 7.17. The van der Waals surface area contributed by atoms with Gasteiger partial charge in [-0.15, -0.1) is 11.3 Å². The van der Waals surface area contributed by atoms with Crippen molar-refractivity contribution in [2.24, 2.45) is 5.92 Å². The molecule has 0 amide bonds. The number of fused-ring (bicyclic) bond motifs is 2. The number of aromatic nitrogens is 3. The zero-order chi connectivity index (χ0) is 19.6. The Balaban J connectivity index is 1.21. The van der Waals surface area contributed by atoms with Crippen LogP contribution in [0.5, 0.6) is 5.75 Å². The van der Waals surface area contributed by atoms with Gasteiger partial charge in [0, 0.05) is 30.6 Å². The summed E-state index contributed by atoms with van der Waals surface area (Å²) in [6.07, 6.45) is 3.34. The van der Waals surface area contributed by atoms with Gasteiger partial charge in [-0.25, -0.2) is 0 Å².